The molecule has 5 rings (SSSR count). The zero-order chi connectivity index (χ0) is 20.7. The van der Waals surface area contributed by atoms with Gasteiger partial charge in [0.15, 0.2) is 5.78 Å². The normalized spacial score (nSPS) is 20.5. The number of anilines is 2. The summed E-state index contributed by atoms with van der Waals surface area (Å²) < 4.78 is 14.9. The molecule has 3 nitrogen and oxygen atoms in total. The van der Waals surface area contributed by atoms with E-state index in [2.05, 4.69) is 22.8 Å². The molecule has 1 aliphatic carbocycles. The van der Waals surface area contributed by atoms with Crippen LogP contribution in [0.1, 0.15) is 35.9 Å². The van der Waals surface area contributed by atoms with Gasteiger partial charge in [-0.3, -0.25) is 4.79 Å². The van der Waals surface area contributed by atoms with E-state index in [-0.39, 0.29) is 11.7 Å². The Morgan fingerprint density at radius 3 is 2.37 bits per heavy atom. The van der Waals surface area contributed by atoms with Crippen LogP contribution in [-0.2, 0) is 4.79 Å². The largest absolute Gasteiger partial charge is 0.372 e. The first kappa shape index (κ1) is 18.9. The quantitative estimate of drug-likeness (QED) is 0.501. The lowest BCUT2D eigenvalue weighted by atomic mass is 9.78. The molecule has 0 spiro atoms. The number of Topliss-reactive ketones (excluding diaryl/α,β-unsaturated/α-hetero) is 1. The lowest BCUT2D eigenvalue weighted by Gasteiger charge is -2.30. The zero-order valence-electron chi connectivity index (χ0n) is 16.2. The average molecular weight is 419 g/mol. The van der Waals surface area contributed by atoms with Gasteiger partial charge in [0.05, 0.1) is 17.4 Å². The van der Waals surface area contributed by atoms with Crippen LogP contribution >= 0.6 is 11.6 Å². The number of benzene rings is 3. The van der Waals surface area contributed by atoms with E-state index in [0.717, 1.165) is 22.6 Å². The van der Waals surface area contributed by atoms with Gasteiger partial charge in [-0.05, 0) is 42.2 Å². The van der Waals surface area contributed by atoms with E-state index in [1.54, 1.807) is 12.1 Å². The van der Waals surface area contributed by atoms with Gasteiger partial charge in [-0.15, -0.1) is 0 Å². The fraction of sp³-hybridized carbons (Fsp3) is 0.160. The molecule has 0 fully saturated rings. The first-order valence-electron chi connectivity index (χ1n) is 9.99. The molecule has 3 aromatic rings. The maximum Gasteiger partial charge on any atom is 0.163 e. The maximum absolute atomic E-state index is 14.9. The van der Waals surface area contributed by atoms with Crippen LogP contribution in [0.2, 0.25) is 5.02 Å². The Morgan fingerprint density at radius 2 is 1.60 bits per heavy atom. The number of ketones is 1. The number of halogens is 2. The number of carbonyl (C=O) groups is 1. The highest BCUT2D eigenvalue weighted by molar-refractivity contribution is 6.31. The predicted octanol–water partition coefficient (Wildman–Crippen LogP) is 6.46. The van der Waals surface area contributed by atoms with Crippen molar-refractivity contribution in [2.45, 2.75) is 24.8 Å². The number of fused-ring (bicyclic) bond motifs is 1. The Hall–Kier alpha value is -3.11. The van der Waals surface area contributed by atoms with Crippen molar-refractivity contribution in [1.29, 1.82) is 0 Å². The molecule has 0 saturated carbocycles. The highest BCUT2D eigenvalue weighted by atomic mass is 35.5. The van der Waals surface area contributed by atoms with E-state index in [1.165, 1.54) is 6.07 Å². The Kier molecular flexibility index (Phi) is 4.80. The minimum absolute atomic E-state index is 0.00206. The van der Waals surface area contributed by atoms with Crippen LogP contribution in [0.3, 0.4) is 0 Å². The third-order valence-corrected chi connectivity index (χ3v) is 6.20. The maximum atomic E-state index is 14.9. The molecule has 1 heterocycles. The van der Waals surface area contributed by atoms with Gasteiger partial charge < -0.3 is 10.6 Å². The summed E-state index contributed by atoms with van der Waals surface area (Å²) in [6, 6.07) is 21.7. The smallest absolute Gasteiger partial charge is 0.163 e. The molecule has 0 unspecified atom stereocenters. The van der Waals surface area contributed by atoms with Crippen LogP contribution in [0.15, 0.2) is 84.1 Å². The highest BCUT2D eigenvalue weighted by Gasteiger charge is 2.37. The number of carbonyl (C=O) groups excluding carboxylic acids is 1. The molecule has 3 aromatic carbocycles. The number of hydrogen-bond donors (Lipinski definition) is 2. The van der Waals surface area contributed by atoms with Gasteiger partial charge in [0.1, 0.15) is 5.82 Å². The molecule has 2 aliphatic rings. The molecular weight excluding hydrogens is 399 g/mol. The lowest BCUT2D eigenvalue weighted by molar-refractivity contribution is -0.116. The molecule has 0 bridgehead atoms. The standard InChI is InChI=1S/C25H20ClFN2O/c26-17-9-6-10-18(27)23(17)25-24-21(28-19-11-4-5-12-20(19)29-25)13-16(14-22(24)30)15-7-2-1-3-8-15/h1-12,16,25,28-29H,13-14H2/t16-,25+/m0/s1. The second kappa shape index (κ2) is 7.62. The van der Waals surface area contributed by atoms with Crippen molar-refractivity contribution in [2.75, 3.05) is 10.6 Å². The second-order valence-corrected chi connectivity index (χ2v) is 8.12. The number of hydrogen-bond acceptors (Lipinski definition) is 3. The van der Waals surface area contributed by atoms with Gasteiger partial charge in [0, 0.05) is 28.3 Å². The molecule has 2 atom stereocenters. The molecule has 0 radical (unpaired) electrons. The van der Waals surface area contributed by atoms with Gasteiger partial charge >= 0.3 is 0 Å². The van der Waals surface area contributed by atoms with Crippen LogP contribution in [0.5, 0.6) is 0 Å². The molecule has 1 aliphatic heterocycles. The van der Waals surface area contributed by atoms with Crippen LogP contribution < -0.4 is 10.6 Å². The summed E-state index contributed by atoms with van der Waals surface area (Å²) in [7, 11) is 0. The molecule has 0 amide bonds. The van der Waals surface area contributed by atoms with Crippen molar-refractivity contribution in [3.63, 3.8) is 0 Å². The van der Waals surface area contributed by atoms with Crippen molar-refractivity contribution in [3.05, 3.63) is 106 Å². The number of rotatable bonds is 2. The summed E-state index contributed by atoms with van der Waals surface area (Å²) in [5, 5.41) is 7.14. The van der Waals surface area contributed by atoms with Gasteiger partial charge in [-0.25, -0.2) is 4.39 Å². The predicted molar refractivity (Wildman–Crippen MR) is 118 cm³/mol. The molecule has 2 N–H and O–H groups in total. The van der Waals surface area contributed by atoms with E-state index in [4.69, 9.17) is 11.6 Å². The summed E-state index contributed by atoms with van der Waals surface area (Å²) in [5.74, 6) is -0.349. The third-order valence-electron chi connectivity index (χ3n) is 5.87. The van der Waals surface area contributed by atoms with E-state index in [9.17, 15) is 9.18 Å². The summed E-state index contributed by atoms with van der Waals surface area (Å²) in [4.78, 5) is 13.4. The number of allylic oxidation sites excluding steroid dienone is 1. The van der Waals surface area contributed by atoms with E-state index in [1.807, 2.05) is 42.5 Å². The fourth-order valence-corrected chi connectivity index (χ4v) is 4.73. The SMILES string of the molecule is O=C1C[C@@H](c2ccccc2)CC2=C1[C@@H](c1c(F)cccc1Cl)Nc1ccccc1N2. The van der Waals surface area contributed by atoms with E-state index < -0.39 is 11.9 Å². The minimum atomic E-state index is -0.658. The Balaban J connectivity index is 1.66. The monoisotopic (exact) mass is 418 g/mol. The second-order valence-electron chi connectivity index (χ2n) is 7.71. The van der Waals surface area contributed by atoms with Crippen molar-refractivity contribution >= 4 is 28.8 Å². The molecule has 0 aromatic heterocycles. The first-order chi connectivity index (χ1) is 14.6. The lowest BCUT2D eigenvalue weighted by Crippen LogP contribution is -2.27. The van der Waals surface area contributed by atoms with Crippen LogP contribution in [-0.4, -0.2) is 5.78 Å². The molecule has 30 heavy (non-hydrogen) atoms. The Morgan fingerprint density at radius 1 is 0.867 bits per heavy atom. The van der Waals surface area contributed by atoms with Gasteiger partial charge in [-0.2, -0.15) is 0 Å². The van der Waals surface area contributed by atoms with Crippen LogP contribution in [0, 0.1) is 5.82 Å². The summed E-state index contributed by atoms with van der Waals surface area (Å²) in [5.41, 5.74) is 4.48. The van der Waals surface area contributed by atoms with E-state index in [0.29, 0.717) is 29.0 Å². The number of para-hydroxylation sites is 2. The summed E-state index contributed by atoms with van der Waals surface area (Å²) in [6.07, 6.45) is 1.05. The van der Waals surface area contributed by atoms with Crippen molar-refractivity contribution < 1.29 is 9.18 Å². The van der Waals surface area contributed by atoms with Gasteiger partial charge in [0.25, 0.3) is 0 Å². The minimum Gasteiger partial charge on any atom is -0.372 e. The molecule has 0 saturated heterocycles. The van der Waals surface area contributed by atoms with Crippen molar-refractivity contribution in [2.24, 2.45) is 0 Å². The van der Waals surface area contributed by atoms with Crippen molar-refractivity contribution in [1.82, 2.24) is 0 Å². The summed E-state index contributed by atoms with van der Waals surface area (Å²) >= 11 is 6.41. The molecular formula is C25H20ClFN2O. The average Bonchev–Trinajstić information content (AvgIpc) is 2.91. The third kappa shape index (κ3) is 3.27. The number of nitrogens with one attached hydrogen (secondary N) is 2. The molecule has 5 heteroatoms. The fourth-order valence-electron chi connectivity index (χ4n) is 4.46. The zero-order valence-corrected chi connectivity index (χ0v) is 16.9. The highest BCUT2D eigenvalue weighted by Crippen LogP contribution is 2.45. The van der Waals surface area contributed by atoms with Gasteiger partial charge in [-0.1, -0.05) is 60.1 Å². The Bertz CT molecular complexity index is 1140. The van der Waals surface area contributed by atoms with Crippen molar-refractivity contribution in [3.8, 4) is 0 Å². The first-order valence-corrected chi connectivity index (χ1v) is 10.4. The Labute approximate surface area is 179 Å². The van der Waals surface area contributed by atoms with Gasteiger partial charge in [0.2, 0.25) is 0 Å². The van der Waals surface area contributed by atoms with Crippen LogP contribution in [0.25, 0.3) is 0 Å². The molecule has 150 valence electrons. The summed E-state index contributed by atoms with van der Waals surface area (Å²) in [6.45, 7) is 0. The topological polar surface area (TPSA) is 41.1 Å². The van der Waals surface area contributed by atoms with E-state index >= 15 is 0 Å². The van der Waals surface area contributed by atoms with Crippen LogP contribution in [0.4, 0.5) is 15.8 Å².